The maximum absolute atomic E-state index is 11.9. The van der Waals surface area contributed by atoms with Gasteiger partial charge in [0.15, 0.2) is 0 Å². The van der Waals surface area contributed by atoms with Crippen LogP contribution in [0, 0.1) is 0 Å². The Kier molecular flexibility index (Phi) is 7.09. The Bertz CT molecular complexity index is 705. The summed E-state index contributed by atoms with van der Waals surface area (Å²) in [5.74, 6) is -0.435. The number of rotatable bonds is 7. The van der Waals surface area contributed by atoms with E-state index in [1.807, 2.05) is 30.3 Å². The zero-order valence-electron chi connectivity index (χ0n) is 13.0. The highest BCUT2D eigenvalue weighted by Gasteiger charge is 2.09. The van der Waals surface area contributed by atoms with Gasteiger partial charge in [0, 0.05) is 24.4 Å². The third-order valence-electron chi connectivity index (χ3n) is 3.36. The molecule has 0 saturated carbocycles. The normalized spacial score (nSPS) is 10.2. The molecule has 0 aromatic heterocycles. The summed E-state index contributed by atoms with van der Waals surface area (Å²) in [4.78, 5) is 23.7. The second kappa shape index (κ2) is 9.30. The van der Waals surface area contributed by atoms with Crippen molar-refractivity contribution in [3.63, 3.8) is 0 Å². The summed E-state index contributed by atoms with van der Waals surface area (Å²) in [6.45, 7) is 0.546. The van der Waals surface area contributed by atoms with Crippen molar-refractivity contribution in [1.82, 2.24) is 5.32 Å². The van der Waals surface area contributed by atoms with Crippen LogP contribution in [0.3, 0.4) is 0 Å². The van der Waals surface area contributed by atoms with E-state index in [-0.39, 0.29) is 24.7 Å². The molecular formula is C18H18Cl2N2O2. The number of carbonyl (C=O) groups excluding carboxylic acids is 2. The lowest BCUT2D eigenvalue weighted by atomic mass is 10.1. The second-order valence-electron chi connectivity index (χ2n) is 5.26. The number of benzene rings is 2. The maximum atomic E-state index is 11.9. The molecule has 0 bridgehead atoms. The molecule has 126 valence electrons. The lowest BCUT2D eigenvalue weighted by molar-refractivity contribution is -0.124. The first-order chi connectivity index (χ1) is 11.5. The van der Waals surface area contributed by atoms with Crippen LogP contribution in [0.2, 0.25) is 10.0 Å². The van der Waals surface area contributed by atoms with Gasteiger partial charge < -0.3 is 10.6 Å². The minimum Gasteiger partial charge on any atom is -0.356 e. The van der Waals surface area contributed by atoms with Crippen molar-refractivity contribution in [2.24, 2.45) is 0 Å². The molecule has 4 nitrogen and oxygen atoms in total. The van der Waals surface area contributed by atoms with E-state index in [1.165, 1.54) is 0 Å². The van der Waals surface area contributed by atoms with Gasteiger partial charge in [-0.2, -0.15) is 0 Å². The molecular weight excluding hydrogens is 347 g/mol. The molecule has 0 unspecified atom stereocenters. The molecule has 0 saturated heterocycles. The minimum atomic E-state index is -0.280. The van der Waals surface area contributed by atoms with E-state index in [4.69, 9.17) is 23.2 Å². The lowest BCUT2D eigenvalue weighted by Gasteiger charge is -2.08. The monoisotopic (exact) mass is 364 g/mol. The van der Waals surface area contributed by atoms with Crippen LogP contribution in [0.15, 0.2) is 48.5 Å². The van der Waals surface area contributed by atoms with Crippen molar-refractivity contribution in [2.75, 3.05) is 11.9 Å². The van der Waals surface area contributed by atoms with Crippen molar-refractivity contribution in [2.45, 2.75) is 19.3 Å². The zero-order chi connectivity index (χ0) is 17.4. The highest BCUT2D eigenvalue weighted by atomic mass is 35.5. The Morgan fingerprint density at radius 3 is 2.38 bits per heavy atom. The number of anilines is 1. The van der Waals surface area contributed by atoms with Crippen LogP contribution in [-0.4, -0.2) is 18.4 Å². The predicted molar refractivity (Wildman–Crippen MR) is 97.5 cm³/mol. The number of amides is 2. The van der Waals surface area contributed by atoms with Crippen LogP contribution in [0.25, 0.3) is 0 Å². The largest absolute Gasteiger partial charge is 0.356 e. The second-order valence-corrected chi connectivity index (χ2v) is 6.10. The van der Waals surface area contributed by atoms with E-state index in [2.05, 4.69) is 10.6 Å². The Balaban J connectivity index is 1.69. The van der Waals surface area contributed by atoms with E-state index in [0.717, 1.165) is 12.0 Å². The third-order valence-corrected chi connectivity index (χ3v) is 3.92. The first-order valence-electron chi connectivity index (χ1n) is 7.60. The van der Waals surface area contributed by atoms with Crippen molar-refractivity contribution >= 4 is 40.7 Å². The van der Waals surface area contributed by atoms with Crippen LogP contribution in [-0.2, 0) is 16.0 Å². The third kappa shape index (κ3) is 6.22. The fourth-order valence-electron chi connectivity index (χ4n) is 2.11. The molecule has 0 aliphatic rings. The summed E-state index contributed by atoms with van der Waals surface area (Å²) in [6.07, 6.45) is 0.968. The van der Waals surface area contributed by atoms with E-state index in [0.29, 0.717) is 22.3 Å². The Labute approximate surface area is 151 Å². The summed E-state index contributed by atoms with van der Waals surface area (Å²) >= 11 is 11.8. The fourth-order valence-corrected chi connectivity index (χ4v) is 2.45. The summed E-state index contributed by atoms with van der Waals surface area (Å²) < 4.78 is 0. The first-order valence-corrected chi connectivity index (χ1v) is 8.36. The molecule has 0 spiro atoms. The lowest BCUT2D eigenvalue weighted by Crippen LogP contribution is -2.26. The molecule has 2 aromatic carbocycles. The maximum Gasteiger partial charge on any atom is 0.224 e. The van der Waals surface area contributed by atoms with Crippen molar-refractivity contribution in [3.8, 4) is 0 Å². The SMILES string of the molecule is O=C(CCC(=O)Nc1cc(Cl)ccc1Cl)NCCc1ccccc1. The van der Waals surface area contributed by atoms with Gasteiger partial charge in [0.2, 0.25) is 11.8 Å². The standard InChI is InChI=1S/C18H18Cl2N2O2/c19-14-6-7-15(20)16(12-14)22-18(24)9-8-17(23)21-11-10-13-4-2-1-3-5-13/h1-7,12H,8-11H2,(H,21,23)(H,22,24). The van der Waals surface area contributed by atoms with E-state index >= 15 is 0 Å². The molecule has 2 rings (SSSR count). The average Bonchev–Trinajstić information content (AvgIpc) is 2.57. The van der Waals surface area contributed by atoms with Gasteiger partial charge in [-0.05, 0) is 30.2 Å². The summed E-state index contributed by atoms with van der Waals surface area (Å²) in [5.41, 5.74) is 1.60. The highest BCUT2D eigenvalue weighted by Crippen LogP contribution is 2.25. The smallest absolute Gasteiger partial charge is 0.224 e. The molecule has 24 heavy (non-hydrogen) atoms. The number of hydrogen-bond acceptors (Lipinski definition) is 2. The van der Waals surface area contributed by atoms with Gasteiger partial charge in [0.1, 0.15) is 0 Å². The molecule has 0 fully saturated rings. The van der Waals surface area contributed by atoms with Crippen LogP contribution in [0.1, 0.15) is 18.4 Å². The van der Waals surface area contributed by atoms with Crippen LogP contribution in [0.4, 0.5) is 5.69 Å². The van der Waals surface area contributed by atoms with Gasteiger partial charge in [-0.25, -0.2) is 0 Å². The summed E-state index contributed by atoms with van der Waals surface area (Å²) in [7, 11) is 0. The number of hydrogen-bond donors (Lipinski definition) is 2. The molecule has 0 aliphatic carbocycles. The molecule has 0 atom stereocenters. The molecule has 2 aromatic rings. The molecule has 6 heteroatoms. The first kappa shape index (κ1) is 18.3. The number of carbonyl (C=O) groups is 2. The summed E-state index contributed by atoms with van der Waals surface area (Å²) in [5, 5.41) is 6.34. The topological polar surface area (TPSA) is 58.2 Å². The van der Waals surface area contributed by atoms with Gasteiger partial charge >= 0.3 is 0 Å². The Hall–Kier alpha value is -2.04. The van der Waals surface area contributed by atoms with E-state index in [9.17, 15) is 9.59 Å². The van der Waals surface area contributed by atoms with Crippen LogP contribution in [0.5, 0.6) is 0 Å². The Morgan fingerprint density at radius 1 is 0.917 bits per heavy atom. The van der Waals surface area contributed by atoms with Crippen molar-refractivity contribution in [1.29, 1.82) is 0 Å². The van der Waals surface area contributed by atoms with E-state index < -0.39 is 0 Å². The van der Waals surface area contributed by atoms with Crippen LogP contribution >= 0.6 is 23.2 Å². The number of halogens is 2. The Morgan fingerprint density at radius 2 is 1.62 bits per heavy atom. The predicted octanol–water partition coefficient (Wildman–Crippen LogP) is 4.07. The van der Waals surface area contributed by atoms with Crippen molar-refractivity contribution < 1.29 is 9.59 Å². The zero-order valence-corrected chi connectivity index (χ0v) is 14.5. The quantitative estimate of drug-likeness (QED) is 0.777. The van der Waals surface area contributed by atoms with Gasteiger partial charge in [-0.3, -0.25) is 9.59 Å². The van der Waals surface area contributed by atoms with Gasteiger partial charge in [0.05, 0.1) is 10.7 Å². The van der Waals surface area contributed by atoms with Gasteiger partial charge in [0.25, 0.3) is 0 Å². The summed E-state index contributed by atoms with van der Waals surface area (Å²) in [6, 6.07) is 14.7. The highest BCUT2D eigenvalue weighted by molar-refractivity contribution is 6.35. The fraction of sp³-hybridized carbons (Fsp3) is 0.222. The average molecular weight is 365 g/mol. The minimum absolute atomic E-state index is 0.0833. The van der Waals surface area contributed by atoms with Gasteiger partial charge in [-0.1, -0.05) is 53.5 Å². The van der Waals surface area contributed by atoms with Gasteiger partial charge in [-0.15, -0.1) is 0 Å². The molecule has 0 radical (unpaired) electrons. The van der Waals surface area contributed by atoms with Crippen LogP contribution < -0.4 is 10.6 Å². The van der Waals surface area contributed by atoms with E-state index in [1.54, 1.807) is 18.2 Å². The molecule has 0 heterocycles. The number of nitrogens with one attached hydrogen (secondary N) is 2. The van der Waals surface area contributed by atoms with Crippen molar-refractivity contribution in [3.05, 3.63) is 64.1 Å². The molecule has 2 amide bonds. The molecule has 2 N–H and O–H groups in total. The molecule has 0 aliphatic heterocycles.